The van der Waals surface area contributed by atoms with Crippen LogP contribution in [0.2, 0.25) is 0 Å². The minimum Gasteiger partial charge on any atom is -0.115 e. The lowest BCUT2D eigenvalue weighted by molar-refractivity contribution is 1.57. The van der Waals surface area contributed by atoms with Crippen LogP contribution in [0.5, 0.6) is 0 Å². The molecule has 0 heterocycles. The molecule has 0 aliphatic carbocycles. The van der Waals surface area contributed by atoms with Crippen LogP contribution in [0.25, 0.3) is 12.2 Å². The van der Waals surface area contributed by atoms with E-state index < -0.39 is 0 Å². The van der Waals surface area contributed by atoms with Crippen LogP contribution in [0.15, 0.2) is 59.7 Å². The third-order valence-electron chi connectivity index (χ3n) is 2.70. The van der Waals surface area contributed by atoms with Gasteiger partial charge in [-0.3, -0.25) is 0 Å². The zero-order chi connectivity index (χ0) is 14.8. The van der Waals surface area contributed by atoms with Gasteiger partial charge in [0, 0.05) is 0 Å². The predicted molar refractivity (Wildman–Crippen MR) is 89.7 cm³/mol. The first-order valence-corrected chi connectivity index (χ1v) is 6.39. The summed E-state index contributed by atoms with van der Waals surface area (Å²) in [4.78, 5) is 0. The summed E-state index contributed by atoms with van der Waals surface area (Å²) in [5.41, 5.74) is 4.08. The molecule has 0 unspecified atom stereocenters. The Kier molecular flexibility index (Phi) is 6.46. The quantitative estimate of drug-likeness (QED) is 0.534. The van der Waals surface area contributed by atoms with Crippen molar-refractivity contribution < 1.29 is 0 Å². The van der Waals surface area contributed by atoms with Gasteiger partial charge in [0.2, 0.25) is 0 Å². The monoisotopic (exact) mass is 258 g/mol. The molecule has 1 aromatic carbocycles. The Balaban J connectivity index is 2.96. The van der Waals surface area contributed by atoms with Crippen LogP contribution < -0.4 is 0 Å². The van der Waals surface area contributed by atoms with Gasteiger partial charge in [-0.2, -0.15) is 0 Å². The Morgan fingerprint density at radius 2 is 1.25 bits per heavy atom. The number of hydrogen-bond donors (Lipinski definition) is 0. The van der Waals surface area contributed by atoms with E-state index in [1.807, 2.05) is 62.4 Å². The lowest BCUT2D eigenvalue weighted by Crippen LogP contribution is -1.79. The van der Waals surface area contributed by atoms with E-state index in [-0.39, 0.29) is 0 Å². The van der Waals surface area contributed by atoms with E-state index in [4.69, 9.17) is 12.8 Å². The number of benzene rings is 1. The smallest absolute Gasteiger partial charge is 0.00135 e. The molecule has 0 aromatic heterocycles. The molecule has 0 amide bonds. The van der Waals surface area contributed by atoms with E-state index in [9.17, 15) is 0 Å². The van der Waals surface area contributed by atoms with E-state index >= 15 is 0 Å². The van der Waals surface area contributed by atoms with Crippen LogP contribution in [0.4, 0.5) is 0 Å². The molecule has 0 spiro atoms. The Morgan fingerprint density at radius 1 is 0.850 bits per heavy atom. The minimum absolute atomic E-state index is 0.904. The Morgan fingerprint density at radius 3 is 1.60 bits per heavy atom. The van der Waals surface area contributed by atoms with Crippen LogP contribution in [0, 0.1) is 24.7 Å². The molecule has 0 saturated heterocycles. The molecule has 0 atom stereocenters. The lowest BCUT2D eigenvalue weighted by Gasteiger charge is -1.99. The van der Waals surface area contributed by atoms with Gasteiger partial charge in [0.05, 0.1) is 0 Å². The fourth-order valence-corrected chi connectivity index (χ4v) is 1.50. The molecule has 0 heteroatoms. The van der Waals surface area contributed by atoms with Crippen molar-refractivity contribution in [2.24, 2.45) is 0 Å². The van der Waals surface area contributed by atoms with Gasteiger partial charge in [0.15, 0.2) is 0 Å². The number of allylic oxidation sites excluding steroid dienone is 6. The summed E-state index contributed by atoms with van der Waals surface area (Å²) in [6.45, 7) is 3.81. The van der Waals surface area contributed by atoms with Crippen LogP contribution >= 0.6 is 0 Å². The first-order valence-electron chi connectivity index (χ1n) is 6.39. The molecule has 0 N–H and O–H groups in total. The van der Waals surface area contributed by atoms with Gasteiger partial charge in [-0.05, 0) is 36.1 Å². The van der Waals surface area contributed by atoms with E-state index in [0.29, 0.717) is 0 Å². The van der Waals surface area contributed by atoms with E-state index in [1.54, 1.807) is 0 Å². The molecule has 0 bridgehead atoms. The first-order chi connectivity index (χ1) is 9.67. The second-order valence-corrected chi connectivity index (χ2v) is 4.34. The highest BCUT2D eigenvalue weighted by Crippen LogP contribution is 2.13. The molecule has 1 rings (SSSR count). The highest BCUT2D eigenvalue weighted by Gasteiger charge is 1.92. The normalized spacial score (nSPS) is 12.6. The topological polar surface area (TPSA) is 0 Å². The zero-order valence-corrected chi connectivity index (χ0v) is 11.9. The predicted octanol–water partition coefficient (Wildman–Crippen LogP) is 4.87. The standard InChI is InChI=1S/C20H18/c1-5-17(3)11-9-15-19-13-7-8-14-20(19)16-10-12-18(4)6-2/h1-2,7-16H,3-4H3/b15-9+,16-10+,17-11-,18-12-. The van der Waals surface area contributed by atoms with Crippen LogP contribution in [0.3, 0.4) is 0 Å². The second-order valence-electron chi connectivity index (χ2n) is 4.34. The molecule has 0 aliphatic heterocycles. The molecule has 0 radical (unpaired) electrons. The van der Waals surface area contributed by atoms with Crippen LogP contribution in [-0.4, -0.2) is 0 Å². The van der Waals surface area contributed by atoms with E-state index in [1.165, 1.54) is 0 Å². The lowest BCUT2D eigenvalue weighted by atomic mass is 10.1. The minimum atomic E-state index is 0.904. The van der Waals surface area contributed by atoms with Gasteiger partial charge in [0.25, 0.3) is 0 Å². The van der Waals surface area contributed by atoms with Crippen molar-refractivity contribution in [1.82, 2.24) is 0 Å². The Labute approximate surface area is 122 Å². The molecular weight excluding hydrogens is 240 g/mol. The zero-order valence-electron chi connectivity index (χ0n) is 11.9. The summed E-state index contributed by atoms with van der Waals surface area (Å²) in [5.74, 6) is 5.18. The van der Waals surface area contributed by atoms with Crippen molar-refractivity contribution in [3.63, 3.8) is 0 Å². The fraction of sp³-hybridized carbons (Fsp3) is 0.100. The number of rotatable bonds is 4. The fourth-order valence-electron chi connectivity index (χ4n) is 1.50. The third-order valence-corrected chi connectivity index (χ3v) is 2.70. The summed E-state index contributed by atoms with van der Waals surface area (Å²) >= 11 is 0. The Bertz CT molecular complexity index is 591. The van der Waals surface area contributed by atoms with E-state index in [2.05, 4.69) is 24.0 Å². The van der Waals surface area contributed by atoms with Crippen LogP contribution in [-0.2, 0) is 0 Å². The maximum absolute atomic E-state index is 5.30. The van der Waals surface area contributed by atoms with Crippen molar-refractivity contribution >= 4 is 12.2 Å². The van der Waals surface area contributed by atoms with Crippen molar-refractivity contribution in [3.8, 4) is 24.7 Å². The molecule has 0 nitrogen and oxygen atoms in total. The highest BCUT2D eigenvalue weighted by molar-refractivity contribution is 5.66. The van der Waals surface area contributed by atoms with Gasteiger partial charge in [-0.15, -0.1) is 12.8 Å². The maximum Gasteiger partial charge on any atom is -0.00135 e. The Hall–Kier alpha value is -2.70. The van der Waals surface area contributed by atoms with Gasteiger partial charge >= 0.3 is 0 Å². The van der Waals surface area contributed by atoms with E-state index in [0.717, 1.165) is 22.3 Å². The molecule has 98 valence electrons. The summed E-state index contributed by atoms with van der Waals surface area (Å²) in [6, 6.07) is 8.15. The molecule has 0 saturated carbocycles. The summed E-state index contributed by atoms with van der Waals surface area (Å²) in [6.07, 6.45) is 22.4. The van der Waals surface area contributed by atoms with Crippen molar-refractivity contribution in [1.29, 1.82) is 0 Å². The maximum atomic E-state index is 5.30. The van der Waals surface area contributed by atoms with Gasteiger partial charge in [-0.1, -0.05) is 72.6 Å². The molecule has 0 fully saturated rings. The highest BCUT2D eigenvalue weighted by atomic mass is 14.0. The van der Waals surface area contributed by atoms with Crippen molar-refractivity contribution in [2.45, 2.75) is 13.8 Å². The largest absolute Gasteiger partial charge is 0.115 e. The summed E-state index contributed by atoms with van der Waals surface area (Å²) in [7, 11) is 0. The van der Waals surface area contributed by atoms with Gasteiger partial charge in [-0.25, -0.2) is 0 Å². The molecule has 1 aromatic rings. The second kappa shape index (κ2) is 8.41. The molecule has 20 heavy (non-hydrogen) atoms. The summed E-state index contributed by atoms with van der Waals surface area (Å²) in [5, 5.41) is 0. The number of terminal acetylenes is 2. The average molecular weight is 258 g/mol. The molecular formula is C20H18. The van der Waals surface area contributed by atoms with Gasteiger partial charge < -0.3 is 0 Å². The number of hydrogen-bond acceptors (Lipinski definition) is 0. The SMILES string of the molecule is C#C/C(C)=C\C=C\c1ccccc1/C=C/C=C(/C)C#C. The van der Waals surface area contributed by atoms with Crippen LogP contribution in [0.1, 0.15) is 25.0 Å². The average Bonchev–Trinajstić information content (AvgIpc) is 2.48. The first kappa shape index (κ1) is 15.4. The summed E-state index contributed by atoms with van der Waals surface area (Å²) < 4.78 is 0. The van der Waals surface area contributed by atoms with Gasteiger partial charge in [0.1, 0.15) is 0 Å². The van der Waals surface area contributed by atoms with Crippen molar-refractivity contribution in [3.05, 3.63) is 70.8 Å². The molecule has 0 aliphatic rings. The van der Waals surface area contributed by atoms with Crippen molar-refractivity contribution in [2.75, 3.05) is 0 Å². The third kappa shape index (κ3) is 5.30.